The third-order valence-corrected chi connectivity index (χ3v) is 7.23. The highest BCUT2D eigenvalue weighted by Crippen LogP contribution is 2.35. The second-order valence-corrected chi connectivity index (χ2v) is 11.1. The van der Waals surface area contributed by atoms with Crippen LogP contribution in [-0.2, 0) is 9.59 Å². The number of benzene rings is 5. The normalized spacial score (nSPS) is 10.7. The van der Waals surface area contributed by atoms with Crippen molar-refractivity contribution >= 4 is 23.8 Å². The quantitative estimate of drug-likeness (QED) is 0.0463. The molecule has 0 bridgehead atoms. The van der Waals surface area contributed by atoms with Crippen molar-refractivity contribution in [3.8, 4) is 39.7 Å². The topological polar surface area (TPSA) is 193 Å². The number of carboxylic acid groups (broad SMARTS) is 1. The number of aliphatic hydroxyl groups is 1. The molecule has 0 aliphatic heterocycles. The fraction of sp³-hybridized carbons (Fsp3) is 0.0227. The van der Waals surface area contributed by atoms with Gasteiger partial charge in [-0.25, -0.2) is 9.78 Å². The van der Waals surface area contributed by atoms with Gasteiger partial charge in [-0.3, -0.25) is 14.4 Å². The summed E-state index contributed by atoms with van der Waals surface area (Å²) in [6.07, 6.45) is 7.76. The number of aldehydes is 1. The molecule has 0 amide bonds. The van der Waals surface area contributed by atoms with E-state index in [1.807, 2.05) is 72.8 Å². The van der Waals surface area contributed by atoms with Crippen molar-refractivity contribution in [3.63, 3.8) is 0 Å². The van der Waals surface area contributed by atoms with Gasteiger partial charge in [-0.2, -0.15) is 0 Å². The Bertz CT molecular complexity index is 2120. The van der Waals surface area contributed by atoms with E-state index in [1.165, 1.54) is 6.08 Å². The summed E-state index contributed by atoms with van der Waals surface area (Å²) in [5.41, 5.74) is 5.67. The number of carboxylic acids is 1. The Labute approximate surface area is 312 Å². The van der Waals surface area contributed by atoms with E-state index >= 15 is 0 Å². The van der Waals surface area contributed by atoms with E-state index in [1.54, 1.807) is 72.8 Å². The summed E-state index contributed by atoms with van der Waals surface area (Å²) in [5.74, 6) is -0.914. The third kappa shape index (κ3) is 11.8. The first-order chi connectivity index (χ1) is 25.7. The Morgan fingerprint density at radius 3 is 1.56 bits per heavy atom. The molecule has 1 aromatic heterocycles. The zero-order valence-electron chi connectivity index (χ0n) is 29.3. The summed E-state index contributed by atoms with van der Waals surface area (Å²) in [7, 11) is 0. The highest BCUT2D eigenvalue weighted by Gasteiger charge is 2.18. The lowest BCUT2D eigenvalue weighted by Crippen LogP contribution is -2.14. The average Bonchev–Trinajstić information content (AvgIpc) is 3.65. The van der Waals surface area contributed by atoms with Crippen LogP contribution >= 0.6 is 0 Å². The minimum absolute atomic E-state index is 0. The van der Waals surface area contributed by atoms with E-state index in [4.69, 9.17) is 20.0 Å². The third-order valence-electron chi connectivity index (χ3n) is 7.23. The second-order valence-electron chi connectivity index (χ2n) is 11.1. The van der Waals surface area contributed by atoms with Crippen LogP contribution in [0.1, 0.15) is 27.6 Å². The van der Waals surface area contributed by atoms with Crippen molar-refractivity contribution < 1.29 is 34.5 Å². The molecule has 1 aliphatic carbocycles. The number of nitrogens with zero attached hydrogens (tertiary/aromatic N) is 1. The Morgan fingerprint density at radius 2 is 1.11 bits per heavy atom. The Kier molecular flexibility index (Phi) is 15.9. The van der Waals surface area contributed by atoms with E-state index in [9.17, 15) is 19.5 Å². The SMILES string of the molecule is CC(=O)O.N.O=C(C(=O)c1ccccc1)c1ccccc1.O=CC1=[C+]C=CC=C1O.Oc1ccccc1-c1nc(-c2ccccc2)c(-c2ccccc2)[nH]1. The number of aromatic nitrogens is 2. The van der Waals surface area contributed by atoms with Gasteiger partial charge in [0, 0.05) is 41.3 Å². The zero-order valence-corrected chi connectivity index (χ0v) is 29.3. The first-order valence-electron chi connectivity index (χ1n) is 16.2. The molecule has 1 aliphatic rings. The number of allylic oxidation sites excluding steroid dienone is 5. The summed E-state index contributed by atoms with van der Waals surface area (Å²) >= 11 is 0. The van der Waals surface area contributed by atoms with Crippen LogP contribution in [0, 0.1) is 6.08 Å². The molecule has 0 fully saturated rings. The molecular formula is C44H38N3O7+. The van der Waals surface area contributed by atoms with Gasteiger partial charge in [-0.15, -0.1) is 0 Å². The molecule has 0 unspecified atom stereocenters. The van der Waals surface area contributed by atoms with Crippen molar-refractivity contribution in [2.45, 2.75) is 6.92 Å². The van der Waals surface area contributed by atoms with Crippen LogP contribution in [0.25, 0.3) is 33.9 Å². The predicted molar refractivity (Wildman–Crippen MR) is 209 cm³/mol. The van der Waals surface area contributed by atoms with Crippen LogP contribution in [0.15, 0.2) is 175 Å². The highest BCUT2D eigenvalue weighted by molar-refractivity contribution is 6.49. The first kappa shape index (κ1) is 40.9. The number of nitrogens with one attached hydrogen (secondary N) is 1. The summed E-state index contributed by atoms with van der Waals surface area (Å²) in [5, 5.41) is 26.4. The van der Waals surface area contributed by atoms with Gasteiger partial charge in [0.25, 0.3) is 5.97 Å². The fourth-order valence-electron chi connectivity index (χ4n) is 4.77. The van der Waals surface area contributed by atoms with Crippen LogP contribution < -0.4 is 6.15 Å². The number of hydrogen-bond acceptors (Lipinski definition) is 8. The maximum absolute atomic E-state index is 11.8. The van der Waals surface area contributed by atoms with Gasteiger partial charge in [-0.1, -0.05) is 133 Å². The van der Waals surface area contributed by atoms with Gasteiger partial charge >= 0.3 is 0 Å². The molecule has 0 saturated heterocycles. The van der Waals surface area contributed by atoms with Crippen molar-refractivity contribution in [1.82, 2.24) is 16.1 Å². The molecule has 10 heteroatoms. The largest absolute Gasteiger partial charge is 0.507 e. The number of phenolic OH excluding ortho intramolecular Hbond substituents is 1. The first-order valence-corrected chi connectivity index (χ1v) is 16.2. The molecule has 10 nitrogen and oxygen atoms in total. The lowest BCUT2D eigenvalue weighted by molar-refractivity contribution is -0.134. The molecule has 7 rings (SSSR count). The Balaban J connectivity index is 0.000000225. The Morgan fingerprint density at radius 1 is 0.667 bits per heavy atom. The maximum atomic E-state index is 11.8. The van der Waals surface area contributed by atoms with E-state index in [0.717, 1.165) is 29.4 Å². The Hall–Kier alpha value is -7.52. The van der Waals surface area contributed by atoms with Crippen molar-refractivity contribution in [3.05, 3.63) is 192 Å². The number of para-hydroxylation sites is 1. The lowest BCUT2D eigenvalue weighted by atomic mass is 10.0. The molecule has 54 heavy (non-hydrogen) atoms. The molecule has 0 spiro atoms. The van der Waals surface area contributed by atoms with Gasteiger partial charge < -0.3 is 26.5 Å². The summed E-state index contributed by atoms with van der Waals surface area (Å²) < 4.78 is 0. The maximum Gasteiger partial charge on any atom is 0.300 e. The number of rotatable bonds is 7. The summed E-state index contributed by atoms with van der Waals surface area (Å²) in [6, 6.07) is 44.5. The standard InChI is InChI=1S/C21H16N2O.C14H10O2.C7H4O2.C2H4O2.H3N/c24-18-14-8-7-13-17(18)21-22-19(15-9-3-1-4-10-15)20(23-21)16-11-5-2-6-12-16;15-13(11-7-3-1-4-8-11)14(16)12-9-5-2-6-10-12;8-5-6-3-1-2-4-7(6)9;1-2(3)4;/h1-14,24H,(H,22,23);1-10H;1-2,4-5H;1H3,(H,3,4);1H3/p+1. The molecule has 6 aromatic rings. The van der Waals surface area contributed by atoms with Gasteiger partial charge in [-0.05, 0) is 12.1 Å². The molecular weight excluding hydrogens is 682 g/mol. The minimum atomic E-state index is -0.833. The molecule has 0 saturated carbocycles. The average molecular weight is 721 g/mol. The van der Waals surface area contributed by atoms with Crippen molar-refractivity contribution in [1.29, 1.82) is 0 Å². The number of aliphatic hydroxyl groups excluding tert-OH is 1. The van der Waals surface area contributed by atoms with Gasteiger partial charge in [0.05, 0.1) is 29.1 Å². The number of aromatic hydroxyl groups is 1. The number of hydrogen-bond donors (Lipinski definition) is 5. The molecule has 0 radical (unpaired) electrons. The highest BCUT2D eigenvalue weighted by atomic mass is 16.4. The smallest absolute Gasteiger partial charge is 0.300 e. The van der Waals surface area contributed by atoms with E-state index < -0.39 is 17.5 Å². The summed E-state index contributed by atoms with van der Waals surface area (Å²) in [4.78, 5) is 50.8. The van der Waals surface area contributed by atoms with Gasteiger partial charge in [0.15, 0.2) is 0 Å². The number of aliphatic carboxylic acids is 1. The van der Waals surface area contributed by atoms with Crippen molar-refractivity contribution in [2.24, 2.45) is 0 Å². The van der Waals surface area contributed by atoms with Crippen LogP contribution in [-0.4, -0.2) is 49.1 Å². The minimum Gasteiger partial charge on any atom is -0.507 e. The molecule has 1 heterocycles. The second kappa shape index (κ2) is 21.0. The van der Waals surface area contributed by atoms with Crippen LogP contribution in [0.4, 0.5) is 0 Å². The number of carbonyl (C=O) groups excluding carboxylic acids is 3. The van der Waals surface area contributed by atoms with E-state index in [2.05, 4.69) is 23.2 Å². The number of aromatic amines is 1. The van der Waals surface area contributed by atoms with E-state index in [0.29, 0.717) is 28.8 Å². The van der Waals surface area contributed by atoms with Crippen molar-refractivity contribution in [2.75, 3.05) is 0 Å². The molecule has 0 atom stereocenters. The van der Waals surface area contributed by atoms with Gasteiger partial charge in [0.1, 0.15) is 11.6 Å². The zero-order chi connectivity index (χ0) is 38.0. The molecule has 5 aromatic carbocycles. The van der Waals surface area contributed by atoms with Gasteiger partial charge in [0.2, 0.25) is 29.2 Å². The van der Waals surface area contributed by atoms with E-state index in [-0.39, 0.29) is 23.2 Å². The number of carbonyl (C=O) groups is 4. The summed E-state index contributed by atoms with van der Waals surface area (Å²) in [6.45, 7) is 1.08. The monoisotopic (exact) mass is 720 g/mol. The number of phenols is 1. The molecule has 270 valence electrons. The number of Topliss-reactive ketones (excluding diaryl/α,β-unsaturated/α-hetero) is 2. The molecule has 7 N–H and O–H groups in total. The number of ketones is 2. The van der Waals surface area contributed by atoms with Crippen LogP contribution in [0.3, 0.4) is 0 Å². The lowest BCUT2D eigenvalue weighted by Gasteiger charge is -2.02. The number of imidazole rings is 1. The fourth-order valence-corrected chi connectivity index (χ4v) is 4.77. The number of H-pyrrole nitrogens is 1. The van der Waals surface area contributed by atoms with Crippen LogP contribution in [0.2, 0.25) is 0 Å². The van der Waals surface area contributed by atoms with Crippen LogP contribution in [0.5, 0.6) is 5.75 Å². The predicted octanol–water partition coefficient (Wildman–Crippen LogP) is 9.05.